The molecule has 0 fully saturated rings. The van der Waals surface area contributed by atoms with Gasteiger partial charge in [-0.2, -0.15) is 0 Å². The summed E-state index contributed by atoms with van der Waals surface area (Å²) in [5.41, 5.74) is 0. The summed E-state index contributed by atoms with van der Waals surface area (Å²) in [6, 6.07) is 0. The van der Waals surface area contributed by atoms with Crippen LogP contribution in [0.1, 0.15) is 5.82 Å². The van der Waals surface area contributed by atoms with E-state index in [2.05, 4.69) is 18.1 Å². The van der Waals surface area contributed by atoms with Crippen molar-refractivity contribution in [3.05, 3.63) is 37.5 Å². The Kier molecular flexibility index (Phi) is 2.05. The minimum atomic E-state index is 0.824. The Labute approximate surface area is 60.5 Å². The Morgan fingerprint density at radius 1 is 1.60 bits per heavy atom. The van der Waals surface area contributed by atoms with Crippen molar-refractivity contribution < 1.29 is 4.57 Å². The second-order valence-corrected chi connectivity index (χ2v) is 1.99. The first-order chi connectivity index (χ1) is 4.88. The number of nitrogens with zero attached hydrogens (tertiary/aromatic N) is 1. The van der Waals surface area contributed by atoms with E-state index in [1.165, 1.54) is 0 Å². The van der Waals surface area contributed by atoms with Crippen LogP contribution < -0.4 is 4.57 Å². The molecule has 1 aromatic heterocycles. The topological polar surface area (TPSA) is 19.7 Å². The molecule has 0 aliphatic heterocycles. The number of aromatic nitrogens is 2. The Hall–Kier alpha value is -1.31. The van der Waals surface area contributed by atoms with Gasteiger partial charge in [0.1, 0.15) is 18.9 Å². The molecule has 0 bridgehead atoms. The number of nitrogens with one attached hydrogen (secondary N) is 1. The molecule has 0 spiro atoms. The summed E-state index contributed by atoms with van der Waals surface area (Å²) in [5, 5.41) is 0. The molecule has 1 heterocycles. The average molecular weight is 135 g/mol. The van der Waals surface area contributed by atoms with Crippen LogP contribution >= 0.6 is 0 Å². The van der Waals surface area contributed by atoms with Crippen molar-refractivity contribution in [1.82, 2.24) is 4.98 Å². The number of allylic oxidation sites excluding steroid dienone is 1. The van der Waals surface area contributed by atoms with Crippen LogP contribution in [0.3, 0.4) is 0 Å². The molecule has 0 aliphatic carbocycles. The summed E-state index contributed by atoms with van der Waals surface area (Å²) in [6.45, 7) is 8.13. The van der Waals surface area contributed by atoms with Crippen LogP contribution in [0.4, 0.5) is 0 Å². The standard InChI is InChI=1S/C8H10N2/c1-3-6-10-7-5-9-8(10)4-2/h3-5,7H,1-2,6H2/p+1. The largest absolute Gasteiger partial charge is 0.278 e. The second kappa shape index (κ2) is 3.01. The fourth-order valence-electron chi connectivity index (χ4n) is 0.850. The Bertz CT molecular complexity index is 235. The average Bonchev–Trinajstić information content (AvgIpc) is 2.36. The van der Waals surface area contributed by atoms with Gasteiger partial charge in [-0.1, -0.05) is 19.2 Å². The van der Waals surface area contributed by atoms with Crippen LogP contribution in [-0.2, 0) is 6.54 Å². The van der Waals surface area contributed by atoms with Gasteiger partial charge in [0, 0.05) is 6.08 Å². The normalized spacial score (nSPS) is 9.20. The molecule has 0 atom stereocenters. The SMILES string of the molecule is C=CC[n+]1cc[nH]c1C=C. The van der Waals surface area contributed by atoms with Crippen LogP contribution in [0.15, 0.2) is 31.6 Å². The highest BCUT2D eigenvalue weighted by molar-refractivity contribution is 5.31. The molecule has 52 valence electrons. The number of hydrogen-bond acceptors (Lipinski definition) is 0. The van der Waals surface area contributed by atoms with Crippen LogP contribution in [0, 0.1) is 0 Å². The smallest absolute Gasteiger partial charge is 0.244 e. The highest BCUT2D eigenvalue weighted by atomic mass is 15.0. The number of H-pyrrole nitrogens is 1. The van der Waals surface area contributed by atoms with E-state index in [9.17, 15) is 0 Å². The molecular weight excluding hydrogens is 124 g/mol. The summed E-state index contributed by atoms with van der Waals surface area (Å²) in [6.07, 6.45) is 7.46. The molecule has 1 N–H and O–H groups in total. The van der Waals surface area contributed by atoms with Crippen molar-refractivity contribution in [2.45, 2.75) is 6.54 Å². The van der Waals surface area contributed by atoms with Crippen LogP contribution in [0.5, 0.6) is 0 Å². The lowest BCUT2D eigenvalue weighted by Gasteiger charge is -1.88. The molecule has 1 aromatic rings. The fourth-order valence-corrected chi connectivity index (χ4v) is 0.850. The summed E-state index contributed by atoms with van der Waals surface area (Å²) in [5.74, 6) is 1.01. The van der Waals surface area contributed by atoms with Crippen molar-refractivity contribution in [2.75, 3.05) is 0 Å². The minimum Gasteiger partial charge on any atom is -0.244 e. The van der Waals surface area contributed by atoms with E-state index in [0.29, 0.717) is 0 Å². The second-order valence-electron chi connectivity index (χ2n) is 1.99. The number of imidazole rings is 1. The molecular formula is C8H11N2+. The van der Waals surface area contributed by atoms with Crippen molar-refractivity contribution in [1.29, 1.82) is 0 Å². The van der Waals surface area contributed by atoms with Gasteiger partial charge in [-0.15, -0.1) is 0 Å². The fraction of sp³-hybridized carbons (Fsp3) is 0.125. The lowest BCUT2D eigenvalue weighted by atomic mass is 10.5. The first-order valence-corrected chi connectivity index (χ1v) is 3.18. The van der Waals surface area contributed by atoms with Gasteiger partial charge in [-0.05, 0) is 0 Å². The van der Waals surface area contributed by atoms with Crippen LogP contribution in [0.2, 0.25) is 0 Å². The molecule has 10 heavy (non-hydrogen) atoms. The molecule has 0 amide bonds. The van der Waals surface area contributed by atoms with Crippen molar-refractivity contribution in [3.63, 3.8) is 0 Å². The van der Waals surface area contributed by atoms with Crippen LogP contribution in [-0.4, -0.2) is 4.98 Å². The highest BCUT2D eigenvalue weighted by Crippen LogP contribution is 1.86. The molecule has 2 nitrogen and oxygen atoms in total. The third-order valence-corrected chi connectivity index (χ3v) is 1.31. The van der Waals surface area contributed by atoms with Crippen molar-refractivity contribution >= 4 is 6.08 Å². The molecule has 0 saturated heterocycles. The quantitative estimate of drug-likeness (QED) is 0.473. The van der Waals surface area contributed by atoms with E-state index in [1.54, 1.807) is 6.08 Å². The molecule has 1 rings (SSSR count). The maximum Gasteiger partial charge on any atom is 0.278 e. The molecule has 2 heteroatoms. The Morgan fingerprint density at radius 3 is 3.00 bits per heavy atom. The minimum absolute atomic E-state index is 0.824. The van der Waals surface area contributed by atoms with E-state index in [-0.39, 0.29) is 0 Å². The van der Waals surface area contributed by atoms with Gasteiger partial charge in [0.2, 0.25) is 0 Å². The summed E-state index contributed by atoms with van der Waals surface area (Å²) in [4.78, 5) is 3.04. The third-order valence-electron chi connectivity index (χ3n) is 1.31. The van der Waals surface area contributed by atoms with Gasteiger partial charge in [-0.25, -0.2) is 9.55 Å². The van der Waals surface area contributed by atoms with E-state index < -0.39 is 0 Å². The van der Waals surface area contributed by atoms with E-state index >= 15 is 0 Å². The van der Waals surface area contributed by atoms with E-state index in [4.69, 9.17) is 0 Å². The summed E-state index contributed by atoms with van der Waals surface area (Å²) in [7, 11) is 0. The van der Waals surface area contributed by atoms with Gasteiger partial charge in [0.15, 0.2) is 0 Å². The monoisotopic (exact) mass is 135 g/mol. The number of rotatable bonds is 3. The predicted molar refractivity (Wildman–Crippen MR) is 41.3 cm³/mol. The lowest BCUT2D eigenvalue weighted by Crippen LogP contribution is -2.33. The lowest BCUT2D eigenvalue weighted by molar-refractivity contribution is -0.687. The van der Waals surface area contributed by atoms with Gasteiger partial charge in [0.25, 0.3) is 5.82 Å². The third kappa shape index (κ3) is 1.16. The molecule has 0 unspecified atom stereocenters. The number of hydrogen-bond donors (Lipinski definition) is 1. The Balaban J connectivity index is 2.89. The van der Waals surface area contributed by atoms with E-state index in [1.807, 2.05) is 23.0 Å². The summed E-state index contributed by atoms with van der Waals surface area (Å²) >= 11 is 0. The molecule has 0 radical (unpaired) electrons. The maximum absolute atomic E-state index is 3.66. The van der Waals surface area contributed by atoms with E-state index in [0.717, 1.165) is 12.4 Å². The number of aromatic amines is 1. The molecule has 0 saturated carbocycles. The zero-order valence-electron chi connectivity index (χ0n) is 5.88. The maximum atomic E-state index is 3.66. The molecule has 0 aromatic carbocycles. The molecule has 0 aliphatic rings. The van der Waals surface area contributed by atoms with Gasteiger partial charge < -0.3 is 0 Å². The van der Waals surface area contributed by atoms with Gasteiger partial charge in [0.05, 0.1) is 0 Å². The first kappa shape index (κ1) is 6.81. The van der Waals surface area contributed by atoms with Gasteiger partial charge >= 0.3 is 0 Å². The first-order valence-electron chi connectivity index (χ1n) is 3.18. The van der Waals surface area contributed by atoms with Gasteiger partial charge in [-0.3, -0.25) is 0 Å². The Morgan fingerprint density at radius 2 is 2.40 bits per heavy atom. The summed E-state index contributed by atoms with van der Waals surface area (Å²) < 4.78 is 2.03. The predicted octanol–water partition coefficient (Wildman–Crippen LogP) is 1.13. The zero-order valence-corrected chi connectivity index (χ0v) is 5.88. The van der Waals surface area contributed by atoms with Crippen molar-refractivity contribution in [3.8, 4) is 0 Å². The highest BCUT2D eigenvalue weighted by Gasteiger charge is 2.01. The van der Waals surface area contributed by atoms with Crippen LogP contribution in [0.25, 0.3) is 6.08 Å². The zero-order chi connectivity index (χ0) is 7.40. The van der Waals surface area contributed by atoms with Crippen molar-refractivity contribution in [2.24, 2.45) is 0 Å².